The number of pyridine rings is 1. The van der Waals surface area contributed by atoms with Gasteiger partial charge in [0.05, 0.1) is 16.7 Å². The van der Waals surface area contributed by atoms with E-state index in [9.17, 15) is 18.0 Å². The molecule has 0 bridgehead atoms. The van der Waals surface area contributed by atoms with E-state index in [2.05, 4.69) is 15.8 Å². The van der Waals surface area contributed by atoms with Crippen LogP contribution < -0.4 is 10.9 Å². The predicted octanol–water partition coefficient (Wildman–Crippen LogP) is 3.28. The topological polar surface area (TPSA) is 105 Å². The number of thioether (sulfide) groups is 1. The lowest BCUT2D eigenvalue weighted by Crippen LogP contribution is -2.45. The highest BCUT2D eigenvalue weighted by Crippen LogP contribution is 2.28. The van der Waals surface area contributed by atoms with Gasteiger partial charge in [-0.15, -0.1) is 0 Å². The van der Waals surface area contributed by atoms with Gasteiger partial charge in [0.2, 0.25) is 0 Å². The molecule has 1 amide bonds. The second kappa shape index (κ2) is 11.7. The van der Waals surface area contributed by atoms with E-state index < -0.39 is 21.8 Å². The monoisotopic (exact) mass is 483 g/mol. The fraction of sp³-hybridized carbons (Fsp3) is 0.208. The number of hydrogen-bond acceptors (Lipinski definition) is 7. The Bertz CT molecular complexity index is 1190. The molecule has 33 heavy (non-hydrogen) atoms. The number of aromatic nitrogens is 1. The van der Waals surface area contributed by atoms with Crippen LogP contribution in [-0.4, -0.2) is 43.6 Å². The lowest BCUT2D eigenvalue weighted by molar-refractivity contribution is -0.109. The number of hydrogen-bond donors (Lipinski definition) is 2. The zero-order valence-corrected chi connectivity index (χ0v) is 19.7. The number of carbonyl (C=O) groups is 2. The Morgan fingerprint density at radius 1 is 1.12 bits per heavy atom. The van der Waals surface area contributed by atoms with Crippen LogP contribution in [0.25, 0.3) is 11.1 Å². The van der Waals surface area contributed by atoms with Crippen molar-refractivity contribution in [2.75, 3.05) is 12.0 Å². The number of carbonyl (C=O) groups excluding carboxylic acids is 2. The average Bonchev–Trinajstić information content (AvgIpc) is 2.84. The number of nitrogens with zero attached hydrogens (tertiary/aromatic N) is 1. The minimum absolute atomic E-state index is 0.112. The molecule has 0 fully saturated rings. The number of aldehydes is 1. The van der Waals surface area contributed by atoms with Gasteiger partial charge < -0.3 is 4.79 Å². The van der Waals surface area contributed by atoms with Crippen LogP contribution in [0.15, 0.2) is 78.0 Å². The van der Waals surface area contributed by atoms with Crippen molar-refractivity contribution < 1.29 is 18.0 Å². The van der Waals surface area contributed by atoms with Crippen molar-refractivity contribution in [3.05, 3.63) is 84.2 Å². The molecule has 0 spiro atoms. The largest absolute Gasteiger partial charge is 0.302 e. The van der Waals surface area contributed by atoms with E-state index in [1.807, 2.05) is 36.6 Å². The van der Waals surface area contributed by atoms with E-state index in [0.29, 0.717) is 28.7 Å². The highest BCUT2D eigenvalue weighted by atomic mass is 32.2. The highest BCUT2D eigenvalue weighted by molar-refractivity contribution is 7.98. The summed E-state index contributed by atoms with van der Waals surface area (Å²) in [6, 6.07) is 16.4. The van der Waals surface area contributed by atoms with Crippen molar-refractivity contribution in [1.29, 1.82) is 0 Å². The summed E-state index contributed by atoms with van der Waals surface area (Å²) < 4.78 is 26.1. The molecule has 172 valence electrons. The molecular formula is C24H25N3O4S2. The minimum atomic E-state index is -3.66. The minimum Gasteiger partial charge on any atom is -0.302 e. The Labute approximate surface area is 197 Å². The van der Waals surface area contributed by atoms with Crippen LogP contribution in [-0.2, 0) is 20.4 Å². The summed E-state index contributed by atoms with van der Waals surface area (Å²) in [4.78, 5) is 28.3. The smallest absolute Gasteiger partial charge is 0.266 e. The zero-order chi connectivity index (χ0) is 23.7. The number of sulfone groups is 1. The summed E-state index contributed by atoms with van der Waals surface area (Å²) >= 11 is 1.61. The third-order valence-corrected chi connectivity index (χ3v) is 7.26. The van der Waals surface area contributed by atoms with Crippen molar-refractivity contribution in [2.24, 2.45) is 0 Å². The molecule has 3 rings (SSSR count). The Hall–Kier alpha value is -3.01. The first kappa shape index (κ1) is 24.6. The predicted molar refractivity (Wildman–Crippen MR) is 130 cm³/mol. The van der Waals surface area contributed by atoms with Gasteiger partial charge >= 0.3 is 0 Å². The SMILES string of the molecule is CSCCC(C=O)NNC(=O)c1ccc(S(=O)(=O)Cc2cccnc2)cc1-c1ccccc1. The normalized spacial score (nSPS) is 12.2. The third kappa shape index (κ3) is 6.74. The van der Waals surface area contributed by atoms with E-state index in [1.54, 1.807) is 30.1 Å². The van der Waals surface area contributed by atoms with Crippen LogP contribution in [0.4, 0.5) is 0 Å². The molecule has 1 unspecified atom stereocenters. The van der Waals surface area contributed by atoms with E-state index in [0.717, 1.165) is 12.0 Å². The third-order valence-electron chi connectivity index (χ3n) is 4.93. The van der Waals surface area contributed by atoms with Gasteiger partial charge in [0, 0.05) is 18.0 Å². The van der Waals surface area contributed by atoms with E-state index >= 15 is 0 Å². The maximum absolute atomic E-state index is 13.0. The van der Waals surface area contributed by atoms with Crippen LogP contribution >= 0.6 is 11.8 Å². The lowest BCUT2D eigenvalue weighted by Gasteiger charge is -2.16. The molecule has 1 aromatic heterocycles. The fourth-order valence-electron chi connectivity index (χ4n) is 3.20. The number of benzene rings is 2. The average molecular weight is 484 g/mol. The van der Waals surface area contributed by atoms with Crippen molar-refractivity contribution in [2.45, 2.75) is 23.1 Å². The van der Waals surface area contributed by atoms with Crippen LogP contribution in [0.3, 0.4) is 0 Å². The first-order valence-corrected chi connectivity index (χ1v) is 13.3. The van der Waals surface area contributed by atoms with Crippen molar-refractivity contribution >= 4 is 33.8 Å². The Morgan fingerprint density at radius 3 is 2.58 bits per heavy atom. The molecule has 0 saturated carbocycles. The summed E-state index contributed by atoms with van der Waals surface area (Å²) in [5.41, 5.74) is 7.39. The van der Waals surface area contributed by atoms with Crippen LogP contribution in [0.5, 0.6) is 0 Å². The quantitative estimate of drug-likeness (QED) is 0.318. The van der Waals surface area contributed by atoms with Crippen LogP contribution in [0.1, 0.15) is 22.3 Å². The number of hydrazine groups is 1. The van der Waals surface area contributed by atoms with Crippen LogP contribution in [0.2, 0.25) is 0 Å². The van der Waals surface area contributed by atoms with Crippen LogP contribution in [0, 0.1) is 0 Å². The Morgan fingerprint density at radius 2 is 1.91 bits per heavy atom. The van der Waals surface area contributed by atoms with Gasteiger partial charge in [-0.2, -0.15) is 11.8 Å². The summed E-state index contributed by atoms with van der Waals surface area (Å²) in [6.07, 6.45) is 6.37. The van der Waals surface area contributed by atoms with E-state index in [4.69, 9.17) is 0 Å². The molecule has 3 aromatic rings. The van der Waals surface area contributed by atoms with Crippen molar-refractivity contribution in [1.82, 2.24) is 15.8 Å². The van der Waals surface area contributed by atoms with Gasteiger partial charge in [-0.3, -0.25) is 15.2 Å². The Balaban J connectivity index is 1.91. The maximum atomic E-state index is 13.0. The summed E-state index contributed by atoms with van der Waals surface area (Å²) in [5, 5.41) is 0. The Kier molecular flexibility index (Phi) is 8.76. The standard InChI is InChI=1S/C24H25N3O4S2/c1-32-13-11-20(16-28)26-27-24(29)22-10-9-21(14-23(22)19-7-3-2-4-8-19)33(30,31)17-18-6-5-12-25-15-18/h2-10,12,14-16,20,26H,11,13,17H2,1H3,(H,27,29). The summed E-state index contributed by atoms with van der Waals surface area (Å²) in [6.45, 7) is 0. The van der Waals surface area contributed by atoms with Gasteiger partial charge in [-0.25, -0.2) is 13.8 Å². The molecule has 0 saturated heterocycles. The molecular weight excluding hydrogens is 458 g/mol. The molecule has 1 atom stereocenters. The molecule has 0 radical (unpaired) electrons. The summed E-state index contributed by atoms with van der Waals surface area (Å²) in [7, 11) is -3.66. The lowest BCUT2D eigenvalue weighted by atomic mass is 9.99. The summed E-state index contributed by atoms with van der Waals surface area (Å²) in [5.74, 6) is 0.116. The molecule has 0 aliphatic carbocycles. The van der Waals surface area contributed by atoms with Gasteiger partial charge in [0.1, 0.15) is 6.29 Å². The number of rotatable bonds is 11. The zero-order valence-electron chi connectivity index (χ0n) is 18.1. The fourth-order valence-corrected chi connectivity index (χ4v) is 5.04. The number of nitrogens with one attached hydrogen (secondary N) is 2. The molecule has 2 aromatic carbocycles. The molecule has 1 heterocycles. The molecule has 9 heteroatoms. The van der Waals surface area contributed by atoms with Gasteiger partial charge in [0.25, 0.3) is 5.91 Å². The van der Waals surface area contributed by atoms with Gasteiger partial charge in [-0.05, 0) is 59.4 Å². The van der Waals surface area contributed by atoms with Crippen molar-refractivity contribution in [3.8, 4) is 11.1 Å². The van der Waals surface area contributed by atoms with E-state index in [1.165, 1.54) is 24.4 Å². The highest BCUT2D eigenvalue weighted by Gasteiger charge is 2.21. The maximum Gasteiger partial charge on any atom is 0.266 e. The van der Waals surface area contributed by atoms with Gasteiger partial charge in [-0.1, -0.05) is 36.4 Å². The molecule has 0 aliphatic rings. The molecule has 0 aliphatic heterocycles. The molecule has 7 nitrogen and oxygen atoms in total. The second-order valence-corrected chi connectivity index (χ2v) is 10.3. The van der Waals surface area contributed by atoms with E-state index in [-0.39, 0.29) is 10.6 Å². The first-order valence-electron chi connectivity index (χ1n) is 10.3. The van der Waals surface area contributed by atoms with Gasteiger partial charge in [0.15, 0.2) is 9.84 Å². The van der Waals surface area contributed by atoms with Crippen molar-refractivity contribution in [3.63, 3.8) is 0 Å². The number of amides is 1. The second-order valence-electron chi connectivity index (χ2n) is 7.32. The molecule has 2 N–H and O–H groups in total. The first-order chi connectivity index (χ1) is 15.9.